The van der Waals surface area contributed by atoms with Crippen LogP contribution >= 0.6 is 0 Å². The van der Waals surface area contributed by atoms with E-state index < -0.39 is 30.3 Å². The molecule has 1 heterocycles. The van der Waals surface area contributed by atoms with Crippen molar-refractivity contribution in [3.8, 4) is 0 Å². The van der Waals surface area contributed by atoms with Crippen LogP contribution in [0.2, 0.25) is 0 Å². The maximum atomic E-state index is 12.8. The zero-order valence-electron chi connectivity index (χ0n) is 19.2. The molecular formula is C27H27N3O5. The SMILES string of the molecule is [N-]=[N+]=N[C@@H]1C(=O)O[C@H](COCc2ccccc2)[C@@H](OCc2ccccc2)[C@H]1OCc1ccccc1. The third kappa shape index (κ3) is 6.91. The van der Waals surface area contributed by atoms with Crippen molar-refractivity contribution in [2.45, 2.75) is 44.2 Å². The average Bonchev–Trinajstić information content (AvgIpc) is 2.90. The maximum absolute atomic E-state index is 12.8. The molecule has 180 valence electrons. The highest BCUT2D eigenvalue weighted by Crippen LogP contribution is 2.27. The van der Waals surface area contributed by atoms with Crippen molar-refractivity contribution < 1.29 is 23.7 Å². The predicted octanol–water partition coefficient (Wildman–Crippen LogP) is 4.98. The Morgan fingerprint density at radius 1 is 0.743 bits per heavy atom. The van der Waals surface area contributed by atoms with Gasteiger partial charge in [-0.2, -0.15) is 0 Å². The Bertz CT molecular complexity index is 1110. The van der Waals surface area contributed by atoms with Crippen molar-refractivity contribution in [3.05, 3.63) is 118 Å². The molecular weight excluding hydrogens is 446 g/mol. The molecule has 1 saturated heterocycles. The van der Waals surface area contributed by atoms with Gasteiger partial charge >= 0.3 is 5.97 Å². The van der Waals surface area contributed by atoms with Crippen molar-refractivity contribution in [2.24, 2.45) is 5.11 Å². The summed E-state index contributed by atoms with van der Waals surface area (Å²) >= 11 is 0. The van der Waals surface area contributed by atoms with E-state index in [2.05, 4.69) is 10.0 Å². The second kappa shape index (κ2) is 12.7. The molecule has 8 heteroatoms. The summed E-state index contributed by atoms with van der Waals surface area (Å²) in [5, 5.41) is 3.69. The van der Waals surface area contributed by atoms with Gasteiger partial charge in [0, 0.05) is 4.91 Å². The molecule has 0 aliphatic carbocycles. The van der Waals surface area contributed by atoms with Crippen LogP contribution in [-0.4, -0.2) is 36.9 Å². The molecule has 35 heavy (non-hydrogen) atoms. The molecule has 0 amide bonds. The zero-order chi connectivity index (χ0) is 24.3. The lowest BCUT2D eigenvalue weighted by molar-refractivity contribution is -0.209. The first-order valence-corrected chi connectivity index (χ1v) is 11.4. The highest BCUT2D eigenvalue weighted by Gasteiger charge is 2.47. The van der Waals surface area contributed by atoms with Gasteiger partial charge in [-0.05, 0) is 22.2 Å². The van der Waals surface area contributed by atoms with Gasteiger partial charge < -0.3 is 18.9 Å². The van der Waals surface area contributed by atoms with Gasteiger partial charge in [0.1, 0.15) is 12.2 Å². The molecule has 0 unspecified atom stereocenters. The number of azide groups is 1. The van der Waals surface area contributed by atoms with Crippen LogP contribution in [0.1, 0.15) is 16.7 Å². The fourth-order valence-electron chi connectivity index (χ4n) is 3.90. The minimum atomic E-state index is -1.17. The van der Waals surface area contributed by atoms with E-state index in [0.717, 1.165) is 16.7 Å². The average molecular weight is 474 g/mol. The van der Waals surface area contributed by atoms with Crippen LogP contribution in [0.15, 0.2) is 96.1 Å². The Morgan fingerprint density at radius 3 is 1.74 bits per heavy atom. The number of carbonyl (C=O) groups excluding carboxylic acids is 1. The van der Waals surface area contributed by atoms with Gasteiger partial charge in [0.25, 0.3) is 0 Å². The molecule has 3 aromatic carbocycles. The lowest BCUT2D eigenvalue weighted by atomic mass is 9.97. The van der Waals surface area contributed by atoms with E-state index in [9.17, 15) is 4.79 Å². The molecule has 1 aliphatic heterocycles. The molecule has 0 saturated carbocycles. The summed E-state index contributed by atoms with van der Waals surface area (Å²) in [7, 11) is 0. The molecule has 1 aliphatic rings. The number of nitrogens with zero attached hydrogens (tertiary/aromatic N) is 3. The number of ether oxygens (including phenoxy) is 4. The highest BCUT2D eigenvalue weighted by molar-refractivity contribution is 5.78. The number of carbonyl (C=O) groups is 1. The predicted molar refractivity (Wildman–Crippen MR) is 129 cm³/mol. The van der Waals surface area contributed by atoms with E-state index >= 15 is 0 Å². The molecule has 4 rings (SSSR count). The monoisotopic (exact) mass is 473 g/mol. The Balaban J connectivity index is 1.53. The number of hydrogen-bond acceptors (Lipinski definition) is 6. The van der Waals surface area contributed by atoms with Crippen molar-refractivity contribution in [2.75, 3.05) is 6.61 Å². The lowest BCUT2D eigenvalue weighted by Crippen LogP contribution is -2.58. The third-order valence-corrected chi connectivity index (χ3v) is 5.65. The van der Waals surface area contributed by atoms with Crippen molar-refractivity contribution >= 4 is 5.97 Å². The van der Waals surface area contributed by atoms with Gasteiger partial charge in [-0.25, -0.2) is 0 Å². The second-order valence-corrected chi connectivity index (χ2v) is 8.15. The smallest absolute Gasteiger partial charge is 0.318 e. The van der Waals surface area contributed by atoms with Crippen LogP contribution in [0.25, 0.3) is 10.4 Å². The van der Waals surface area contributed by atoms with Gasteiger partial charge in [-0.15, -0.1) is 0 Å². The first kappa shape index (κ1) is 24.4. The summed E-state index contributed by atoms with van der Waals surface area (Å²) in [6.45, 7) is 0.954. The van der Waals surface area contributed by atoms with Gasteiger partial charge in [0.15, 0.2) is 12.1 Å². The van der Waals surface area contributed by atoms with Crippen molar-refractivity contribution in [1.82, 2.24) is 0 Å². The normalized spacial score (nSPS) is 21.7. The highest BCUT2D eigenvalue weighted by atomic mass is 16.6. The molecule has 4 atom stereocenters. The Kier molecular flexibility index (Phi) is 8.86. The molecule has 3 aromatic rings. The van der Waals surface area contributed by atoms with Crippen LogP contribution in [0.5, 0.6) is 0 Å². The largest absolute Gasteiger partial charge is 0.457 e. The van der Waals surface area contributed by atoms with E-state index in [0.29, 0.717) is 6.61 Å². The van der Waals surface area contributed by atoms with Crippen LogP contribution in [0.3, 0.4) is 0 Å². The van der Waals surface area contributed by atoms with E-state index in [4.69, 9.17) is 24.5 Å². The molecule has 8 nitrogen and oxygen atoms in total. The lowest BCUT2D eigenvalue weighted by Gasteiger charge is -2.39. The molecule has 0 aromatic heterocycles. The summed E-state index contributed by atoms with van der Waals surface area (Å²) < 4.78 is 23.9. The number of benzene rings is 3. The molecule has 1 fully saturated rings. The van der Waals surface area contributed by atoms with Gasteiger partial charge in [-0.1, -0.05) is 96.1 Å². The quantitative estimate of drug-likeness (QED) is 0.169. The van der Waals surface area contributed by atoms with Crippen molar-refractivity contribution in [1.29, 1.82) is 0 Å². The van der Waals surface area contributed by atoms with Gasteiger partial charge in [-0.3, -0.25) is 4.79 Å². The maximum Gasteiger partial charge on any atom is 0.318 e. The minimum absolute atomic E-state index is 0.105. The van der Waals surface area contributed by atoms with E-state index in [1.54, 1.807) is 0 Å². The number of esters is 1. The third-order valence-electron chi connectivity index (χ3n) is 5.65. The molecule has 0 spiro atoms. The summed E-state index contributed by atoms with van der Waals surface area (Å²) in [4.78, 5) is 15.6. The van der Waals surface area contributed by atoms with Crippen LogP contribution in [-0.2, 0) is 43.6 Å². The fourth-order valence-corrected chi connectivity index (χ4v) is 3.90. The molecule has 0 bridgehead atoms. The number of rotatable bonds is 11. The Hall–Kier alpha value is -3.68. The van der Waals surface area contributed by atoms with Crippen LogP contribution in [0, 0.1) is 0 Å². The van der Waals surface area contributed by atoms with Gasteiger partial charge in [0.05, 0.1) is 26.4 Å². The summed E-state index contributed by atoms with van der Waals surface area (Å²) in [5.74, 6) is -0.659. The Labute approximate surface area is 204 Å². The topological polar surface area (TPSA) is 103 Å². The second-order valence-electron chi connectivity index (χ2n) is 8.15. The zero-order valence-corrected chi connectivity index (χ0v) is 19.2. The summed E-state index contributed by atoms with van der Waals surface area (Å²) in [6.07, 6.45) is -2.29. The first-order valence-electron chi connectivity index (χ1n) is 11.4. The number of cyclic esters (lactones) is 1. The standard InChI is InChI=1S/C27H27N3O5/c28-30-29-24-26(34-18-22-14-8-3-9-15-22)25(33-17-21-12-6-2-7-13-21)23(35-27(24)31)19-32-16-20-10-4-1-5-11-20/h1-15,23-26H,16-19H2/t23-,24+,25-,26+/m1/s1. The molecule has 0 radical (unpaired) electrons. The minimum Gasteiger partial charge on any atom is -0.457 e. The van der Waals surface area contributed by atoms with Crippen LogP contribution < -0.4 is 0 Å². The van der Waals surface area contributed by atoms with E-state index in [1.807, 2.05) is 91.0 Å². The molecule has 0 N–H and O–H groups in total. The van der Waals surface area contributed by atoms with Crippen molar-refractivity contribution in [3.63, 3.8) is 0 Å². The van der Waals surface area contributed by atoms with E-state index in [1.165, 1.54) is 0 Å². The fraction of sp³-hybridized carbons (Fsp3) is 0.296. The Morgan fingerprint density at radius 2 is 1.23 bits per heavy atom. The summed E-state index contributed by atoms with van der Waals surface area (Å²) in [5.41, 5.74) is 12.0. The van der Waals surface area contributed by atoms with Gasteiger partial charge in [0.2, 0.25) is 0 Å². The van der Waals surface area contributed by atoms with Crippen LogP contribution in [0.4, 0.5) is 0 Å². The first-order chi connectivity index (χ1) is 17.2. The summed E-state index contributed by atoms with van der Waals surface area (Å²) in [6, 6.07) is 27.8. The number of hydrogen-bond donors (Lipinski definition) is 0. The van der Waals surface area contributed by atoms with E-state index in [-0.39, 0.29) is 19.8 Å².